The van der Waals surface area contributed by atoms with Gasteiger partial charge in [0, 0.05) is 36.5 Å². The molecule has 1 aliphatic carbocycles. The molecule has 1 saturated carbocycles. The Hall–Kier alpha value is -3.48. The maximum absolute atomic E-state index is 12.3. The maximum atomic E-state index is 12.3. The van der Waals surface area contributed by atoms with E-state index in [1.165, 1.54) is 0 Å². The second-order valence-corrected chi connectivity index (χ2v) is 8.65. The molecule has 2 aliphatic rings. The quantitative estimate of drug-likeness (QED) is 0.494. The van der Waals surface area contributed by atoms with Crippen LogP contribution in [0.4, 0.5) is 0 Å². The predicted molar refractivity (Wildman–Crippen MR) is 116 cm³/mol. The molecule has 1 amide bonds. The van der Waals surface area contributed by atoms with E-state index in [0.717, 1.165) is 72.4 Å². The molecular formula is C24H23N5O2. The number of fused-ring (bicyclic) bond motifs is 1. The van der Waals surface area contributed by atoms with Gasteiger partial charge in [0.25, 0.3) is 0 Å². The number of tetrazole rings is 1. The van der Waals surface area contributed by atoms with Crippen molar-refractivity contribution in [2.75, 3.05) is 13.1 Å². The molecule has 0 N–H and O–H groups in total. The highest BCUT2D eigenvalue weighted by atomic mass is 16.3. The average Bonchev–Trinajstić information content (AvgIpc) is 3.17. The lowest BCUT2D eigenvalue weighted by molar-refractivity contribution is -0.131. The highest BCUT2D eigenvalue weighted by Crippen LogP contribution is 2.33. The van der Waals surface area contributed by atoms with Crippen molar-refractivity contribution < 1.29 is 9.21 Å². The predicted octanol–water partition coefficient (Wildman–Crippen LogP) is 4.01. The topological polar surface area (TPSA) is 77.1 Å². The van der Waals surface area contributed by atoms with E-state index in [4.69, 9.17) is 4.42 Å². The molecule has 2 fully saturated rings. The Balaban J connectivity index is 1.18. The van der Waals surface area contributed by atoms with Crippen molar-refractivity contribution in [2.24, 2.45) is 11.8 Å². The molecule has 0 spiro atoms. The Morgan fingerprint density at radius 3 is 2.65 bits per heavy atom. The Morgan fingerprint density at radius 1 is 1.00 bits per heavy atom. The van der Waals surface area contributed by atoms with Crippen molar-refractivity contribution >= 4 is 16.9 Å². The Labute approximate surface area is 179 Å². The first-order chi connectivity index (χ1) is 15.2. The molecule has 0 radical (unpaired) electrons. The van der Waals surface area contributed by atoms with Gasteiger partial charge in [-0.25, -0.2) is 4.68 Å². The van der Waals surface area contributed by atoms with Crippen LogP contribution in [0.5, 0.6) is 0 Å². The third-order valence-corrected chi connectivity index (χ3v) is 6.42. The maximum Gasteiger partial charge on any atom is 0.225 e. The SMILES string of the molecule is O=C(C1CC1)N1CCC(Cn2nnnc2-c2ccc(-c3ccc4occc4c3)cc2)C1. The average molecular weight is 413 g/mol. The molecule has 2 aromatic heterocycles. The molecule has 6 rings (SSSR count). The highest BCUT2D eigenvalue weighted by molar-refractivity contribution is 5.84. The first-order valence-electron chi connectivity index (χ1n) is 10.9. The molecule has 31 heavy (non-hydrogen) atoms. The zero-order chi connectivity index (χ0) is 20.8. The fraction of sp³-hybridized carbons (Fsp3) is 0.333. The van der Waals surface area contributed by atoms with E-state index in [1.54, 1.807) is 6.26 Å². The molecule has 1 atom stereocenters. The monoisotopic (exact) mass is 413 g/mol. The second kappa shape index (κ2) is 7.34. The number of carbonyl (C=O) groups excluding carboxylic acids is 1. The molecular weight excluding hydrogens is 390 g/mol. The number of rotatable bonds is 5. The van der Waals surface area contributed by atoms with Crippen molar-refractivity contribution in [3.05, 3.63) is 54.8 Å². The van der Waals surface area contributed by atoms with Crippen molar-refractivity contribution in [3.8, 4) is 22.5 Å². The molecule has 1 saturated heterocycles. The number of hydrogen-bond donors (Lipinski definition) is 0. The summed E-state index contributed by atoms with van der Waals surface area (Å²) in [5.74, 6) is 1.79. The number of aromatic nitrogens is 4. The first kappa shape index (κ1) is 18.3. The summed E-state index contributed by atoms with van der Waals surface area (Å²) in [5, 5.41) is 13.5. The van der Waals surface area contributed by atoms with E-state index in [1.807, 2.05) is 21.7 Å². The molecule has 4 aromatic rings. The van der Waals surface area contributed by atoms with E-state index >= 15 is 0 Å². The van der Waals surface area contributed by atoms with Crippen LogP contribution in [0.1, 0.15) is 19.3 Å². The summed E-state index contributed by atoms with van der Waals surface area (Å²) in [6, 6.07) is 16.5. The number of hydrogen-bond acceptors (Lipinski definition) is 5. The largest absolute Gasteiger partial charge is 0.464 e. The molecule has 7 heteroatoms. The molecule has 0 bridgehead atoms. The highest BCUT2D eigenvalue weighted by Gasteiger charge is 2.36. The van der Waals surface area contributed by atoms with Gasteiger partial charge in [-0.15, -0.1) is 5.10 Å². The lowest BCUT2D eigenvalue weighted by atomic mass is 10.0. The van der Waals surface area contributed by atoms with Gasteiger partial charge in [-0.2, -0.15) is 0 Å². The molecule has 2 aromatic carbocycles. The first-order valence-corrected chi connectivity index (χ1v) is 10.9. The van der Waals surface area contributed by atoms with Gasteiger partial charge in [0.15, 0.2) is 5.82 Å². The van der Waals surface area contributed by atoms with Crippen LogP contribution in [-0.4, -0.2) is 44.1 Å². The third kappa shape index (κ3) is 3.50. The third-order valence-electron chi connectivity index (χ3n) is 6.42. The van der Waals surface area contributed by atoms with Gasteiger partial charge >= 0.3 is 0 Å². The summed E-state index contributed by atoms with van der Waals surface area (Å²) in [6.45, 7) is 2.40. The van der Waals surface area contributed by atoms with Crippen molar-refractivity contribution in [1.82, 2.24) is 25.1 Å². The van der Waals surface area contributed by atoms with E-state index in [2.05, 4.69) is 51.9 Å². The van der Waals surface area contributed by atoms with Gasteiger partial charge in [0.05, 0.1) is 6.26 Å². The number of amides is 1. The fourth-order valence-electron chi connectivity index (χ4n) is 4.51. The molecule has 3 heterocycles. The van der Waals surface area contributed by atoms with Crippen LogP contribution in [0.15, 0.2) is 59.2 Å². The summed E-state index contributed by atoms with van der Waals surface area (Å²) < 4.78 is 7.31. The van der Waals surface area contributed by atoms with Gasteiger partial charge in [-0.05, 0) is 64.9 Å². The normalized spacial score (nSPS) is 18.7. The summed E-state index contributed by atoms with van der Waals surface area (Å²) >= 11 is 0. The van der Waals surface area contributed by atoms with Crippen LogP contribution in [0, 0.1) is 11.8 Å². The number of benzene rings is 2. The van der Waals surface area contributed by atoms with Crippen LogP contribution in [-0.2, 0) is 11.3 Å². The summed E-state index contributed by atoms with van der Waals surface area (Å²) in [4.78, 5) is 14.3. The summed E-state index contributed by atoms with van der Waals surface area (Å²) in [5.41, 5.74) is 4.16. The standard InChI is InChI=1S/C24H23N5O2/c30-24(19-5-6-19)28-11-9-16(14-28)15-29-23(25-26-27-29)18-3-1-17(2-4-18)20-7-8-22-21(13-20)10-12-31-22/h1-4,7-8,10,12-13,16,19H,5-6,9,11,14-15H2. The fourth-order valence-corrected chi connectivity index (χ4v) is 4.51. The van der Waals surface area contributed by atoms with Crippen LogP contribution in [0.2, 0.25) is 0 Å². The van der Waals surface area contributed by atoms with Gasteiger partial charge in [-0.3, -0.25) is 4.79 Å². The van der Waals surface area contributed by atoms with E-state index in [-0.39, 0.29) is 5.92 Å². The Morgan fingerprint density at radius 2 is 1.81 bits per heavy atom. The van der Waals surface area contributed by atoms with Crippen molar-refractivity contribution in [1.29, 1.82) is 0 Å². The smallest absolute Gasteiger partial charge is 0.225 e. The number of likely N-dealkylation sites (tertiary alicyclic amines) is 1. The second-order valence-electron chi connectivity index (χ2n) is 8.65. The van der Waals surface area contributed by atoms with Gasteiger partial charge in [0.2, 0.25) is 5.91 Å². The molecule has 156 valence electrons. The minimum absolute atomic E-state index is 0.287. The molecule has 7 nitrogen and oxygen atoms in total. The van der Waals surface area contributed by atoms with Crippen LogP contribution < -0.4 is 0 Å². The minimum Gasteiger partial charge on any atom is -0.464 e. The molecule has 1 aliphatic heterocycles. The van der Waals surface area contributed by atoms with Gasteiger partial charge in [0.1, 0.15) is 5.58 Å². The van der Waals surface area contributed by atoms with Crippen molar-refractivity contribution in [2.45, 2.75) is 25.8 Å². The lowest BCUT2D eigenvalue weighted by Crippen LogP contribution is -2.30. The van der Waals surface area contributed by atoms with Crippen LogP contribution >= 0.6 is 0 Å². The number of nitrogens with zero attached hydrogens (tertiary/aromatic N) is 5. The zero-order valence-electron chi connectivity index (χ0n) is 17.1. The van der Waals surface area contributed by atoms with E-state index in [9.17, 15) is 4.79 Å². The van der Waals surface area contributed by atoms with E-state index < -0.39 is 0 Å². The number of furan rings is 1. The number of carbonyl (C=O) groups is 1. The van der Waals surface area contributed by atoms with Gasteiger partial charge in [-0.1, -0.05) is 30.3 Å². The van der Waals surface area contributed by atoms with Crippen LogP contribution in [0.3, 0.4) is 0 Å². The van der Waals surface area contributed by atoms with E-state index in [0.29, 0.717) is 11.8 Å². The van der Waals surface area contributed by atoms with Gasteiger partial charge < -0.3 is 9.32 Å². The zero-order valence-corrected chi connectivity index (χ0v) is 17.1. The van der Waals surface area contributed by atoms with Crippen molar-refractivity contribution in [3.63, 3.8) is 0 Å². The Bertz CT molecular complexity index is 1240. The van der Waals surface area contributed by atoms with Crippen LogP contribution in [0.25, 0.3) is 33.5 Å². The summed E-state index contributed by atoms with van der Waals surface area (Å²) in [6.07, 6.45) is 4.84. The lowest BCUT2D eigenvalue weighted by Gasteiger charge is -2.16. The Kier molecular flexibility index (Phi) is 4.33. The minimum atomic E-state index is 0.287. The molecule has 1 unspecified atom stereocenters. The summed E-state index contributed by atoms with van der Waals surface area (Å²) in [7, 11) is 0.